The molecule has 1 amide bonds. The quantitative estimate of drug-likeness (QED) is 0.721. The zero-order chi connectivity index (χ0) is 17.2. The monoisotopic (exact) mass is 410 g/mol. The number of nitrogens with one attached hydrogen (secondary N) is 1. The summed E-state index contributed by atoms with van der Waals surface area (Å²) in [6.45, 7) is 1.97. The van der Waals surface area contributed by atoms with Gasteiger partial charge in [0, 0.05) is 32.0 Å². The molecule has 4 rings (SSSR count). The fourth-order valence-corrected chi connectivity index (χ4v) is 3.34. The van der Waals surface area contributed by atoms with Gasteiger partial charge in [0.25, 0.3) is 0 Å². The summed E-state index contributed by atoms with van der Waals surface area (Å²) in [6, 6.07) is 12.1. The van der Waals surface area contributed by atoms with Gasteiger partial charge in [0.1, 0.15) is 11.5 Å². The molecular formula is C19H21Cl2FN4O. The van der Waals surface area contributed by atoms with E-state index in [9.17, 15) is 9.18 Å². The zero-order valence-electron chi connectivity index (χ0n) is 14.5. The number of pyridine rings is 1. The van der Waals surface area contributed by atoms with Crippen LogP contribution in [0.25, 0.3) is 5.65 Å². The molecule has 1 fully saturated rings. The SMILES string of the molecule is Cl.Cl.O=C(Cc1cn2ccccc2n1)N1CCNCC1c1cccc(F)c1. The van der Waals surface area contributed by atoms with Crippen molar-refractivity contribution in [2.75, 3.05) is 19.6 Å². The van der Waals surface area contributed by atoms with Crippen molar-refractivity contribution in [3.8, 4) is 0 Å². The number of nitrogens with zero attached hydrogens (tertiary/aromatic N) is 3. The highest BCUT2D eigenvalue weighted by atomic mass is 35.5. The van der Waals surface area contributed by atoms with Gasteiger partial charge in [-0.25, -0.2) is 9.37 Å². The molecular weight excluding hydrogens is 390 g/mol. The molecule has 27 heavy (non-hydrogen) atoms. The fourth-order valence-electron chi connectivity index (χ4n) is 3.34. The van der Waals surface area contributed by atoms with Gasteiger partial charge in [-0.05, 0) is 29.8 Å². The van der Waals surface area contributed by atoms with Gasteiger partial charge in [-0.3, -0.25) is 4.79 Å². The molecule has 0 saturated carbocycles. The zero-order valence-corrected chi connectivity index (χ0v) is 16.2. The number of piperazine rings is 1. The number of imidazole rings is 1. The van der Waals surface area contributed by atoms with Gasteiger partial charge in [0.15, 0.2) is 0 Å². The standard InChI is InChI=1S/C19H19FN4O.2ClH/c20-15-5-3-4-14(10-15)17-12-21-7-9-24(17)19(25)11-16-13-23-8-2-1-6-18(23)22-16;;/h1-6,8,10,13,17,21H,7,9,11-12H2;2*1H. The van der Waals surface area contributed by atoms with Gasteiger partial charge in [-0.15, -0.1) is 24.8 Å². The van der Waals surface area contributed by atoms with E-state index in [0.29, 0.717) is 13.1 Å². The molecule has 144 valence electrons. The Morgan fingerprint density at radius 3 is 2.85 bits per heavy atom. The Kier molecular flexibility index (Phi) is 7.18. The highest BCUT2D eigenvalue weighted by Gasteiger charge is 2.28. The third kappa shape index (κ3) is 4.58. The second-order valence-corrected chi connectivity index (χ2v) is 6.24. The number of rotatable bonds is 3. The molecule has 3 heterocycles. The number of carbonyl (C=O) groups excluding carboxylic acids is 1. The van der Waals surface area contributed by atoms with Crippen molar-refractivity contribution in [2.45, 2.75) is 12.5 Å². The number of benzene rings is 1. The largest absolute Gasteiger partial charge is 0.333 e. The summed E-state index contributed by atoms with van der Waals surface area (Å²) in [5, 5.41) is 3.29. The summed E-state index contributed by atoms with van der Waals surface area (Å²) >= 11 is 0. The van der Waals surface area contributed by atoms with E-state index in [4.69, 9.17) is 0 Å². The van der Waals surface area contributed by atoms with Crippen LogP contribution >= 0.6 is 24.8 Å². The first-order valence-electron chi connectivity index (χ1n) is 8.39. The van der Waals surface area contributed by atoms with Crippen LogP contribution in [0.1, 0.15) is 17.3 Å². The van der Waals surface area contributed by atoms with Crippen LogP contribution in [0.15, 0.2) is 54.9 Å². The van der Waals surface area contributed by atoms with Crippen molar-refractivity contribution in [1.82, 2.24) is 19.6 Å². The summed E-state index contributed by atoms with van der Waals surface area (Å²) < 4.78 is 15.5. The summed E-state index contributed by atoms with van der Waals surface area (Å²) in [4.78, 5) is 19.2. The van der Waals surface area contributed by atoms with Crippen molar-refractivity contribution in [3.05, 3.63) is 71.9 Å². The minimum atomic E-state index is -0.282. The van der Waals surface area contributed by atoms with Crippen molar-refractivity contribution in [1.29, 1.82) is 0 Å². The van der Waals surface area contributed by atoms with Crippen LogP contribution in [0.3, 0.4) is 0 Å². The number of aromatic nitrogens is 2. The Labute approximate surface area is 169 Å². The van der Waals surface area contributed by atoms with Crippen LogP contribution in [0.4, 0.5) is 4.39 Å². The second-order valence-electron chi connectivity index (χ2n) is 6.24. The van der Waals surface area contributed by atoms with E-state index in [1.54, 1.807) is 6.07 Å². The minimum absolute atomic E-state index is 0. The van der Waals surface area contributed by atoms with E-state index < -0.39 is 0 Å². The van der Waals surface area contributed by atoms with Gasteiger partial charge in [-0.2, -0.15) is 0 Å². The molecule has 2 aromatic heterocycles. The molecule has 1 aliphatic rings. The summed E-state index contributed by atoms with van der Waals surface area (Å²) in [6.07, 6.45) is 4.04. The van der Waals surface area contributed by atoms with Crippen molar-refractivity contribution < 1.29 is 9.18 Å². The first-order valence-corrected chi connectivity index (χ1v) is 8.39. The number of halogens is 3. The molecule has 0 aliphatic carbocycles. The van der Waals surface area contributed by atoms with E-state index in [-0.39, 0.29) is 49.0 Å². The lowest BCUT2D eigenvalue weighted by Gasteiger charge is -2.36. The summed E-state index contributed by atoms with van der Waals surface area (Å²) in [7, 11) is 0. The summed E-state index contributed by atoms with van der Waals surface area (Å²) in [5.74, 6) is -0.269. The average Bonchev–Trinajstić information content (AvgIpc) is 3.04. The van der Waals surface area contributed by atoms with Gasteiger partial charge in [0.05, 0.1) is 18.2 Å². The lowest BCUT2D eigenvalue weighted by Crippen LogP contribution is -2.49. The Balaban J connectivity index is 0.00000131. The minimum Gasteiger partial charge on any atom is -0.333 e. The van der Waals surface area contributed by atoms with E-state index in [1.807, 2.05) is 46.0 Å². The highest BCUT2D eigenvalue weighted by molar-refractivity contribution is 5.85. The second kappa shape index (κ2) is 9.17. The molecule has 3 aromatic rings. The molecule has 0 spiro atoms. The van der Waals surface area contributed by atoms with Gasteiger partial charge in [0.2, 0.25) is 5.91 Å². The predicted octanol–water partition coefficient (Wildman–Crippen LogP) is 3.03. The Morgan fingerprint density at radius 1 is 1.22 bits per heavy atom. The molecule has 1 unspecified atom stereocenters. The van der Waals surface area contributed by atoms with Gasteiger partial charge >= 0.3 is 0 Å². The van der Waals surface area contributed by atoms with E-state index in [2.05, 4.69) is 10.3 Å². The molecule has 5 nitrogen and oxygen atoms in total. The average molecular weight is 411 g/mol. The maximum atomic E-state index is 13.6. The maximum absolute atomic E-state index is 13.6. The molecule has 1 aromatic carbocycles. The Morgan fingerprint density at radius 2 is 2.07 bits per heavy atom. The van der Waals surface area contributed by atoms with Crippen molar-refractivity contribution in [2.24, 2.45) is 0 Å². The molecule has 8 heteroatoms. The number of carbonyl (C=O) groups is 1. The molecule has 0 radical (unpaired) electrons. The van der Waals surface area contributed by atoms with Crippen LogP contribution in [0, 0.1) is 5.82 Å². The topological polar surface area (TPSA) is 49.6 Å². The van der Waals surface area contributed by atoms with Crippen LogP contribution < -0.4 is 5.32 Å². The Hall–Kier alpha value is -2.15. The number of fused-ring (bicyclic) bond motifs is 1. The molecule has 0 bridgehead atoms. The lowest BCUT2D eigenvalue weighted by atomic mass is 10.0. The van der Waals surface area contributed by atoms with E-state index >= 15 is 0 Å². The fraction of sp³-hybridized carbons (Fsp3) is 0.263. The molecule has 1 atom stereocenters. The highest BCUT2D eigenvalue weighted by Crippen LogP contribution is 2.23. The number of hydrogen-bond acceptors (Lipinski definition) is 3. The van der Waals surface area contributed by atoms with Crippen LogP contribution in [0.2, 0.25) is 0 Å². The van der Waals surface area contributed by atoms with Crippen LogP contribution in [-0.4, -0.2) is 39.8 Å². The van der Waals surface area contributed by atoms with Crippen LogP contribution in [-0.2, 0) is 11.2 Å². The van der Waals surface area contributed by atoms with Gasteiger partial charge in [-0.1, -0.05) is 18.2 Å². The first-order chi connectivity index (χ1) is 12.2. The number of hydrogen-bond donors (Lipinski definition) is 1. The summed E-state index contributed by atoms with van der Waals surface area (Å²) in [5.41, 5.74) is 2.38. The lowest BCUT2D eigenvalue weighted by molar-refractivity contribution is -0.133. The molecule has 1 saturated heterocycles. The van der Waals surface area contributed by atoms with E-state index in [0.717, 1.165) is 23.4 Å². The normalized spacial score (nSPS) is 16.5. The predicted molar refractivity (Wildman–Crippen MR) is 107 cm³/mol. The van der Waals surface area contributed by atoms with E-state index in [1.165, 1.54) is 12.1 Å². The number of amides is 1. The maximum Gasteiger partial charge on any atom is 0.229 e. The van der Waals surface area contributed by atoms with Gasteiger partial charge < -0.3 is 14.6 Å². The van der Waals surface area contributed by atoms with Crippen molar-refractivity contribution in [3.63, 3.8) is 0 Å². The van der Waals surface area contributed by atoms with Crippen LogP contribution in [0.5, 0.6) is 0 Å². The van der Waals surface area contributed by atoms with Crippen molar-refractivity contribution >= 4 is 36.4 Å². The molecule has 1 aliphatic heterocycles. The smallest absolute Gasteiger partial charge is 0.229 e. The Bertz CT molecular complexity index is 884. The third-order valence-corrected chi connectivity index (χ3v) is 4.54. The first kappa shape index (κ1) is 21.2. The molecule has 1 N–H and O–H groups in total. The third-order valence-electron chi connectivity index (χ3n) is 4.54.